The van der Waals surface area contributed by atoms with Crippen molar-refractivity contribution in [3.05, 3.63) is 59.7 Å². The lowest BCUT2D eigenvalue weighted by atomic mass is 9.80. The molecule has 1 amide bonds. The summed E-state index contributed by atoms with van der Waals surface area (Å²) in [4.78, 5) is 23.6. The first-order valence-corrected chi connectivity index (χ1v) is 6.43. The van der Waals surface area contributed by atoms with Crippen LogP contribution in [0.3, 0.4) is 0 Å². The molecule has 20 heavy (non-hydrogen) atoms. The molecular weight excluding hydrogens is 252 g/mol. The molecule has 0 bridgehead atoms. The predicted molar refractivity (Wildman–Crippen MR) is 76.0 cm³/mol. The Bertz CT molecular complexity index is 686. The topological polar surface area (TPSA) is 49.7 Å². The molecular formula is C16H14N2O2. The molecule has 1 aliphatic carbocycles. The van der Waals surface area contributed by atoms with Crippen LogP contribution >= 0.6 is 0 Å². The number of hydrogen-bond acceptors (Lipinski definition) is 3. The third kappa shape index (κ3) is 1.65. The maximum Gasteiger partial charge on any atom is 0.240 e. The van der Waals surface area contributed by atoms with Crippen molar-refractivity contribution in [3.8, 4) is 0 Å². The van der Waals surface area contributed by atoms with Gasteiger partial charge in [-0.05, 0) is 30.7 Å². The zero-order chi connectivity index (χ0) is 14.3. The molecule has 1 heterocycles. The summed E-state index contributed by atoms with van der Waals surface area (Å²) in [5, 5.41) is 5.82. The quantitative estimate of drug-likeness (QED) is 0.731. The zero-order valence-corrected chi connectivity index (χ0v) is 11.3. The van der Waals surface area contributed by atoms with Crippen LogP contribution < -0.4 is 0 Å². The number of ketones is 1. The second-order valence-corrected chi connectivity index (χ2v) is 5.05. The van der Waals surface area contributed by atoms with Gasteiger partial charge in [-0.1, -0.05) is 30.3 Å². The van der Waals surface area contributed by atoms with Crippen molar-refractivity contribution < 1.29 is 9.59 Å². The highest BCUT2D eigenvalue weighted by atomic mass is 16.2. The molecule has 0 N–H and O–H groups in total. The van der Waals surface area contributed by atoms with Gasteiger partial charge in [-0.15, -0.1) is 0 Å². The largest absolute Gasteiger partial charge is 0.290 e. The summed E-state index contributed by atoms with van der Waals surface area (Å²) in [5.74, 6) is -0.230. The number of amides is 1. The van der Waals surface area contributed by atoms with Crippen LogP contribution in [0, 0.1) is 0 Å². The van der Waals surface area contributed by atoms with Gasteiger partial charge in [0.05, 0.1) is 5.71 Å². The van der Waals surface area contributed by atoms with Gasteiger partial charge >= 0.3 is 0 Å². The van der Waals surface area contributed by atoms with Crippen LogP contribution in [-0.4, -0.2) is 22.4 Å². The van der Waals surface area contributed by atoms with Gasteiger partial charge in [-0.2, -0.15) is 5.10 Å². The fourth-order valence-electron chi connectivity index (χ4n) is 2.74. The van der Waals surface area contributed by atoms with E-state index in [1.54, 1.807) is 12.2 Å². The number of benzene rings is 1. The van der Waals surface area contributed by atoms with E-state index in [0.29, 0.717) is 5.71 Å². The van der Waals surface area contributed by atoms with Gasteiger partial charge in [0.15, 0.2) is 5.78 Å². The molecule has 1 aliphatic heterocycles. The highest BCUT2D eigenvalue weighted by Gasteiger charge is 2.46. The van der Waals surface area contributed by atoms with Gasteiger partial charge in [-0.3, -0.25) is 9.59 Å². The van der Waals surface area contributed by atoms with E-state index in [2.05, 4.69) is 5.10 Å². The normalized spacial score (nSPS) is 24.3. The zero-order valence-electron chi connectivity index (χ0n) is 11.3. The SMILES string of the molecule is CC(=O)N1N=C2C=CC(=O)C=C2C1(C)c1ccccc1. The van der Waals surface area contributed by atoms with E-state index in [1.165, 1.54) is 18.0 Å². The van der Waals surface area contributed by atoms with Crippen LogP contribution in [0.1, 0.15) is 19.4 Å². The summed E-state index contributed by atoms with van der Waals surface area (Å²) in [7, 11) is 0. The van der Waals surface area contributed by atoms with Crippen molar-refractivity contribution in [2.75, 3.05) is 0 Å². The highest BCUT2D eigenvalue weighted by Crippen LogP contribution is 2.42. The second kappa shape index (κ2) is 4.27. The van der Waals surface area contributed by atoms with Gasteiger partial charge in [-0.25, -0.2) is 5.01 Å². The molecule has 1 unspecified atom stereocenters. The fraction of sp³-hybridized carbons (Fsp3) is 0.188. The molecule has 0 saturated heterocycles. The molecule has 0 radical (unpaired) electrons. The number of carbonyl (C=O) groups is 2. The van der Waals surface area contributed by atoms with Crippen LogP contribution in [-0.2, 0) is 15.1 Å². The molecule has 2 aliphatic rings. The van der Waals surface area contributed by atoms with Crippen LogP contribution in [0.15, 0.2) is 59.2 Å². The Kier molecular flexibility index (Phi) is 2.67. The van der Waals surface area contributed by atoms with Crippen molar-refractivity contribution in [3.63, 3.8) is 0 Å². The number of carbonyl (C=O) groups excluding carboxylic acids is 2. The minimum atomic E-state index is -0.733. The smallest absolute Gasteiger partial charge is 0.240 e. The highest BCUT2D eigenvalue weighted by molar-refractivity contribution is 6.22. The average Bonchev–Trinajstić information content (AvgIpc) is 2.74. The summed E-state index contributed by atoms with van der Waals surface area (Å²) in [6.45, 7) is 3.40. The molecule has 100 valence electrons. The van der Waals surface area contributed by atoms with Crippen molar-refractivity contribution >= 4 is 17.4 Å². The first-order chi connectivity index (χ1) is 9.53. The van der Waals surface area contributed by atoms with E-state index >= 15 is 0 Å². The van der Waals surface area contributed by atoms with E-state index in [0.717, 1.165) is 11.1 Å². The van der Waals surface area contributed by atoms with E-state index < -0.39 is 5.54 Å². The number of fused-ring (bicyclic) bond motifs is 1. The standard InChI is InChI=1S/C16H14N2O2/c1-11(19)18-16(2,12-6-4-3-5-7-12)14-10-13(20)8-9-15(14)17-18/h3-10H,1-2H3. The molecule has 0 spiro atoms. The summed E-state index contributed by atoms with van der Waals surface area (Å²) in [5.41, 5.74) is 1.64. The minimum Gasteiger partial charge on any atom is -0.290 e. The van der Waals surface area contributed by atoms with Gasteiger partial charge in [0, 0.05) is 12.5 Å². The molecule has 1 atom stereocenters. The summed E-state index contributed by atoms with van der Waals surface area (Å²) < 4.78 is 0. The average molecular weight is 266 g/mol. The number of hydrogen-bond donors (Lipinski definition) is 0. The fourth-order valence-corrected chi connectivity index (χ4v) is 2.74. The molecule has 0 saturated carbocycles. The first-order valence-electron chi connectivity index (χ1n) is 6.43. The molecule has 4 nitrogen and oxygen atoms in total. The van der Waals surface area contributed by atoms with Crippen LogP contribution in [0.25, 0.3) is 0 Å². The van der Waals surface area contributed by atoms with Crippen LogP contribution in [0.4, 0.5) is 0 Å². The lowest BCUT2D eigenvalue weighted by Gasteiger charge is -2.34. The number of rotatable bonds is 1. The lowest BCUT2D eigenvalue weighted by Crippen LogP contribution is -2.41. The van der Waals surface area contributed by atoms with E-state index in [-0.39, 0.29) is 11.7 Å². The number of nitrogens with zero attached hydrogens (tertiary/aromatic N) is 2. The van der Waals surface area contributed by atoms with E-state index in [1.807, 2.05) is 37.3 Å². The number of allylic oxidation sites excluding steroid dienone is 3. The Hall–Kier alpha value is -2.49. The van der Waals surface area contributed by atoms with Gasteiger partial charge < -0.3 is 0 Å². The van der Waals surface area contributed by atoms with Crippen molar-refractivity contribution in [1.29, 1.82) is 0 Å². The van der Waals surface area contributed by atoms with Crippen LogP contribution in [0.2, 0.25) is 0 Å². The Balaban J connectivity index is 2.21. The molecule has 1 aromatic rings. The van der Waals surface area contributed by atoms with Crippen molar-refractivity contribution in [2.45, 2.75) is 19.4 Å². The number of hydrazone groups is 1. The Morgan fingerprint density at radius 2 is 1.90 bits per heavy atom. The predicted octanol–water partition coefficient (Wildman–Crippen LogP) is 2.19. The lowest BCUT2D eigenvalue weighted by molar-refractivity contribution is -0.133. The summed E-state index contributed by atoms with van der Waals surface area (Å²) in [6, 6.07) is 9.63. The minimum absolute atomic E-state index is 0.0773. The monoisotopic (exact) mass is 266 g/mol. The van der Waals surface area contributed by atoms with Crippen LogP contribution in [0.5, 0.6) is 0 Å². The summed E-state index contributed by atoms with van der Waals surface area (Å²) >= 11 is 0. The van der Waals surface area contributed by atoms with E-state index in [4.69, 9.17) is 0 Å². The van der Waals surface area contributed by atoms with Gasteiger partial charge in [0.1, 0.15) is 5.54 Å². The Labute approximate surface area is 117 Å². The first kappa shape index (κ1) is 12.5. The molecule has 4 heteroatoms. The molecule has 0 aromatic heterocycles. The molecule has 3 rings (SSSR count). The maximum absolute atomic E-state index is 11.9. The summed E-state index contributed by atoms with van der Waals surface area (Å²) in [6.07, 6.45) is 4.70. The molecule has 1 aromatic carbocycles. The Morgan fingerprint density at radius 1 is 1.20 bits per heavy atom. The van der Waals surface area contributed by atoms with E-state index in [9.17, 15) is 9.59 Å². The maximum atomic E-state index is 11.9. The third-order valence-electron chi connectivity index (χ3n) is 3.76. The van der Waals surface area contributed by atoms with Crippen molar-refractivity contribution in [1.82, 2.24) is 5.01 Å². The second-order valence-electron chi connectivity index (χ2n) is 5.05. The van der Waals surface area contributed by atoms with Gasteiger partial charge in [0.25, 0.3) is 0 Å². The molecule has 0 fully saturated rings. The Morgan fingerprint density at radius 3 is 2.55 bits per heavy atom. The third-order valence-corrected chi connectivity index (χ3v) is 3.76. The van der Waals surface area contributed by atoms with Gasteiger partial charge in [0.2, 0.25) is 5.91 Å². The van der Waals surface area contributed by atoms with Crippen molar-refractivity contribution in [2.24, 2.45) is 5.10 Å².